The van der Waals surface area contributed by atoms with Gasteiger partial charge in [-0.25, -0.2) is 0 Å². The maximum Gasteiger partial charge on any atom is 0.416 e. The van der Waals surface area contributed by atoms with Gasteiger partial charge in [-0.1, -0.05) is 12.1 Å². The summed E-state index contributed by atoms with van der Waals surface area (Å²) in [5.74, 6) is 0. The zero-order valence-electron chi connectivity index (χ0n) is 10.5. The average Bonchev–Trinajstić information content (AvgIpc) is 2.71. The van der Waals surface area contributed by atoms with Crippen molar-refractivity contribution in [3.05, 3.63) is 35.4 Å². The van der Waals surface area contributed by atoms with Crippen molar-refractivity contribution in [3.63, 3.8) is 0 Å². The van der Waals surface area contributed by atoms with Crippen LogP contribution in [0.25, 0.3) is 0 Å². The molecule has 0 saturated carbocycles. The normalized spacial score (nSPS) is 25.6. The van der Waals surface area contributed by atoms with Crippen LogP contribution in [0, 0.1) is 0 Å². The van der Waals surface area contributed by atoms with Crippen molar-refractivity contribution < 1.29 is 13.2 Å². The fourth-order valence-electron chi connectivity index (χ4n) is 2.56. The number of nitrogens with zero attached hydrogens (tertiary/aromatic N) is 1. The number of likely N-dealkylation sites (N-methyl/N-ethyl adjacent to an activating group) is 2. The molecule has 2 rings (SSSR count). The molecule has 1 atom stereocenters. The van der Waals surface area contributed by atoms with Gasteiger partial charge in [-0.2, -0.15) is 13.2 Å². The second-order valence-corrected chi connectivity index (χ2v) is 4.89. The molecule has 0 radical (unpaired) electrons. The van der Waals surface area contributed by atoms with Crippen molar-refractivity contribution in [2.75, 3.05) is 27.2 Å². The molecule has 1 unspecified atom stereocenters. The molecule has 1 N–H and O–H groups in total. The topological polar surface area (TPSA) is 15.3 Å². The molecule has 1 aliphatic heterocycles. The molecule has 1 aliphatic rings. The van der Waals surface area contributed by atoms with E-state index in [-0.39, 0.29) is 5.54 Å². The van der Waals surface area contributed by atoms with Crippen LogP contribution in [0.3, 0.4) is 0 Å². The van der Waals surface area contributed by atoms with Gasteiger partial charge < -0.3 is 10.2 Å². The van der Waals surface area contributed by atoms with Crippen molar-refractivity contribution in [1.82, 2.24) is 10.2 Å². The summed E-state index contributed by atoms with van der Waals surface area (Å²) < 4.78 is 37.5. The molecule has 1 aromatic carbocycles. The van der Waals surface area contributed by atoms with Gasteiger partial charge in [0.15, 0.2) is 0 Å². The Balaban J connectivity index is 2.28. The number of hydrogen-bond acceptors (Lipinski definition) is 2. The predicted molar refractivity (Wildman–Crippen MR) is 64.3 cm³/mol. The molecule has 1 aromatic rings. The number of alkyl halides is 3. The summed E-state index contributed by atoms with van der Waals surface area (Å²) in [6.07, 6.45) is -3.36. The zero-order chi connectivity index (χ0) is 13.4. The first-order valence-electron chi connectivity index (χ1n) is 5.93. The van der Waals surface area contributed by atoms with Gasteiger partial charge in [-0.15, -0.1) is 0 Å². The molecular formula is C13H17F3N2. The molecule has 0 amide bonds. The summed E-state index contributed by atoms with van der Waals surface area (Å²) in [7, 11) is 3.88. The number of rotatable bonds is 2. The Morgan fingerprint density at radius 2 is 1.83 bits per heavy atom. The van der Waals surface area contributed by atoms with Gasteiger partial charge in [0.1, 0.15) is 0 Å². The van der Waals surface area contributed by atoms with Crippen LogP contribution >= 0.6 is 0 Å². The van der Waals surface area contributed by atoms with E-state index in [0.29, 0.717) is 0 Å². The third-order valence-electron chi connectivity index (χ3n) is 3.70. The minimum absolute atomic E-state index is 0.223. The highest BCUT2D eigenvalue weighted by Crippen LogP contribution is 2.34. The van der Waals surface area contributed by atoms with E-state index in [1.807, 2.05) is 14.1 Å². The van der Waals surface area contributed by atoms with Gasteiger partial charge in [0.05, 0.1) is 11.1 Å². The molecular weight excluding hydrogens is 241 g/mol. The van der Waals surface area contributed by atoms with Crippen molar-refractivity contribution in [2.24, 2.45) is 0 Å². The van der Waals surface area contributed by atoms with Gasteiger partial charge in [-0.05, 0) is 38.2 Å². The maximum atomic E-state index is 12.5. The standard InChI is InChI=1S/C13H17F3N2/c1-17-12(7-8-18(2)9-12)10-3-5-11(6-4-10)13(14,15)16/h3-6,17H,7-9H2,1-2H3. The van der Waals surface area contributed by atoms with E-state index in [9.17, 15) is 13.2 Å². The fourth-order valence-corrected chi connectivity index (χ4v) is 2.56. The molecule has 1 saturated heterocycles. The number of halogens is 3. The highest BCUT2D eigenvalue weighted by Gasteiger charge is 2.37. The smallest absolute Gasteiger partial charge is 0.309 e. The van der Waals surface area contributed by atoms with Gasteiger partial charge in [0, 0.05) is 13.1 Å². The van der Waals surface area contributed by atoms with Crippen molar-refractivity contribution in [1.29, 1.82) is 0 Å². The zero-order valence-corrected chi connectivity index (χ0v) is 10.5. The lowest BCUT2D eigenvalue weighted by molar-refractivity contribution is -0.137. The predicted octanol–water partition coefficient (Wildman–Crippen LogP) is 2.46. The molecule has 2 nitrogen and oxygen atoms in total. The summed E-state index contributed by atoms with van der Waals surface area (Å²) in [6, 6.07) is 5.48. The molecule has 1 heterocycles. The number of likely N-dealkylation sites (tertiary alicyclic amines) is 1. The molecule has 5 heteroatoms. The van der Waals surface area contributed by atoms with E-state index >= 15 is 0 Å². The Labute approximate surface area is 105 Å². The van der Waals surface area contributed by atoms with E-state index in [1.54, 1.807) is 12.1 Å². The summed E-state index contributed by atoms with van der Waals surface area (Å²) in [5.41, 5.74) is 0.102. The van der Waals surface area contributed by atoms with E-state index < -0.39 is 11.7 Å². The van der Waals surface area contributed by atoms with Crippen LogP contribution in [0.5, 0.6) is 0 Å². The van der Waals surface area contributed by atoms with Crippen molar-refractivity contribution >= 4 is 0 Å². The molecule has 0 spiro atoms. The minimum Gasteiger partial charge on any atom is -0.309 e. The van der Waals surface area contributed by atoms with Gasteiger partial charge in [-0.3, -0.25) is 0 Å². The van der Waals surface area contributed by atoms with Gasteiger partial charge in [0.2, 0.25) is 0 Å². The highest BCUT2D eigenvalue weighted by atomic mass is 19.4. The largest absolute Gasteiger partial charge is 0.416 e. The molecule has 0 bridgehead atoms. The van der Waals surface area contributed by atoms with Crippen molar-refractivity contribution in [3.8, 4) is 0 Å². The third kappa shape index (κ3) is 2.37. The number of benzene rings is 1. The average molecular weight is 258 g/mol. The lowest BCUT2D eigenvalue weighted by Gasteiger charge is -2.29. The Morgan fingerprint density at radius 3 is 2.22 bits per heavy atom. The highest BCUT2D eigenvalue weighted by molar-refractivity contribution is 5.31. The van der Waals surface area contributed by atoms with E-state index in [4.69, 9.17) is 0 Å². The second kappa shape index (κ2) is 4.55. The molecule has 0 aromatic heterocycles. The second-order valence-electron chi connectivity index (χ2n) is 4.89. The summed E-state index contributed by atoms with van der Waals surface area (Å²) in [5, 5.41) is 3.26. The van der Waals surface area contributed by atoms with E-state index in [2.05, 4.69) is 10.2 Å². The van der Waals surface area contributed by atoms with Crippen LogP contribution in [-0.2, 0) is 11.7 Å². The summed E-state index contributed by atoms with van der Waals surface area (Å²) in [4.78, 5) is 2.17. The SMILES string of the molecule is CNC1(c2ccc(C(F)(F)F)cc2)CCN(C)C1. The van der Waals surface area contributed by atoms with Crippen molar-refractivity contribution in [2.45, 2.75) is 18.1 Å². The molecule has 1 fully saturated rings. The Hall–Kier alpha value is -1.07. The minimum atomic E-state index is -4.27. The third-order valence-corrected chi connectivity index (χ3v) is 3.70. The van der Waals surface area contributed by atoms with Crippen LogP contribution < -0.4 is 5.32 Å². The number of nitrogens with one attached hydrogen (secondary N) is 1. The first kappa shape index (κ1) is 13.4. The lowest BCUT2D eigenvalue weighted by Crippen LogP contribution is -2.42. The first-order valence-corrected chi connectivity index (χ1v) is 5.93. The molecule has 18 heavy (non-hydrogen) atoms. The van der Waals surface area contributed by atoms with Crippen LogP contribution in [-0.4, -0.2) is 32.1 Å². The van der Waals surface area contributed by atoms with Crippen LogP contribution in [0.2, 0.25) is 0 Å². The Bertz CT molecular complexity index is 413. The number of hydrogen-bond donors (Lipinski definition) is 1. The lowest BCUT2D eigenvalue weighted by atomic mass is 9.88. The first-order chi connectivity index (χ1) is 8.37. The Kier molecular flexibility index (Phi) is 3.38. The monoisotopic (exact) mass is 258 g/mol. The Morgan fingerprint density at radius 1 is 1.22 bits per heavy atom. The van der Waals surface area contributed by atoms with E-state index in [0.717, 1.165) is 37.2 Å². The van der Waals surface area contributed by atoms with Crippen LogP contribution in [0.1, 0.15) is 17.5 Å². The van der Waals surface area contributed by atoms with Crippen LogP contribution in [0.15, 0.2) is 24.3 Å². The van der Waals surface area contributed by atoms with Crippen LogP contribution in [0.4, 0.5) is 13.2 Å². The van der Waals surface area contributed by atoms with E-state index in [1.165, 1.54) is 0 Å². The molecule has 100 valence electrons. The summed E-state index contributed by atoms with van der Waals surface area (Å²) in [6.45, 7) is 1.76. The van der Waals surface area contributed by atoms with Gasteiger partial charge in [0.25, 0.3) is 0 Å². The molecule has 0 aliphatic carbocycles. The fraction of sp³-hybridized carbons (Fsp3) is 0.538. The maximum absolute atomic E-state index is 12.5. The van der Waals surface area contributed by atoms with Gasteiger partial charge >= 0.3 is 6.18 Å². The summed E-state index contributed by atoms with van der Waals surface area (Å²) >= 11 is 0. The quantitative estimate of drug-likeness (QED) is 0.876.